The average molecular weight is 267 g/mol. The van der Waals surface area contributed by atoms with E-state index in [2.05, 4.69) is 31.2 Å². The zero-order chi connectivity index (χ0) is 10.5. The van der Waals surface area contributed by atoms with Crippen LogP contribution in [0.5, 0.6) is 0 Å². The lowest BCUT2D eigenvalue weighted by atomic mass is 10.3. The van der Waals surface area contributed by atoms with Crippen molar-refractivity contribution >= 4 is 15.9 Å². The summed E-state index contributed by atoms with van der Waals surface area (Å²) >= 11 is 3.38. The Hall–Kier alpha value is -1.23. The molecule has 0 N–H and O–H groups in total. The van der Waals surface area contributed by atoms with Gasteiger partial charge in [0.1, 0.15) is 0 Å². The molecule has 2 aromatic rings. The third-order valence-corrected chi connectivity index (χ3v) is 2.43. The van der Waals surface area contributed by atoms with Gasteiger partial charge in [0.15, 0.2) is 0 Å². The molecule has 2 heterocycles. The molecule has 0 atom stereocenters. The molecule has 2 aromatic heterocycles. The van der Waals surface area contributed by atoms with Crippen LogP contribution in [0, 0.1) is 0 Å². The summed E-state index contributed by atoms with van der Waals surface area (Å²) in [5.41, 5.74) is 2.20. The van der Waals surface area contributed by atoms with E-state index in [1.54, 1.807) is 12.4 Å². The number of hydrogen-bond donors (Lipinski definition) is 0. The molecule has 4 nitrogen and oxygen atoms in total. The second-order valence-electron chi connectivity index (χ2n) is 3.20. The molecule has 0 aliphatic carbocycles. The van der Waals surface area contributed by atoms with Crippen molar-refractivity contribution in [2.75, 3.05) is 5.33 Å². The average Bonchev–Trinajstić information content (AvgIpc) is 2.68. The molecule has 0 amide bonds. The van der Waals surface area contributed by atoms with Crippen molar-refractivity contribution in [3.8, 4) is 0 Å². The van der Waals surface area contributed by atoms with Crippen molar-refractivity contribution in [2.45, 2.75) is 13.0 Å². The summed E-state index contributed by atoms with van der Waals surface area (Å²) < 4.78 is 1.84. The molecule has 0 spiro atoms. The zero-order valence-electron chi connectivity index (χ0n) is 8.17. The topological polar surface area (TPSA) is 43.6 Å². The van der Waals surface area contributed by atoms with Crippen LogP contribution in [0.3, 0.4) is 0 Å². The van der Waals surface area contributed by atoms with Crippen LogP contribution >= 0.6 is 15.9 Å². The normalized spacial score (nSPS) is 10.5. The highest BCUT2D eigenvalue weighted by Crippen LogP contribution is 2.02. The molecule has 0 saturated carbocycles. The second kappa shape index (κ2) is 5.02. The Kier molecular flexibility index (Phi) is 3.45. The van der Waals surface area contributed by atoms with E-state index < -0.39 is 0 Å². The van der Waals surface area contributed by atoms with E-state index >= 15 is 0 Å². The van der Waals surface area contributed by atoms with Crippen LogP contribution in [-0.2, 0) is 13.0 Å². The summed E-state index contributed by atoms with van der Waals surface area (Å²) in [6, 6.07) is 3.96. The summed E-state index contributed by atoms with van der Waals surface area (Å²) in [6.45, 7) is 0.748. The number of hydrogen-bond acceptors (Lipinski definition) is 3. The molecule has 5 heteroatoms. The lowest BCUT2D eigenvalue weighted by Gasteiger charge is -1.98. The Morgan fingerprint density at radius 3 is 2.80 bits per heavy atom. The molecule has 0 saturated heterocycles. The van der Waals surface area contributed by atoms with E-state index in [0.717, 1.165) is 24.0 Å². The van der Waals surface area contributed by atoms with Gasteiger partial charge < -0.3 is 0 Å². The van der Waals surface area contributed by atoms with Gasteiger partial charge in [-0.3, -0.25) is 4.98 Å². The molecular formula is C10H11BrN4. The van der Waals surface area contributed by atoms with E-state index in [1.165, 1.54) is 5.56 Å². The summed E-state index contributed by atoms with van der Waals surface area (Å²) in [5, 5.41) is 9.04. The van der Waals surface area contributed by atoms with Crippen LogP contribution in [0.15, 0.2) is 30.7 Å². The fourth-order valence-electron chi connectivity index (χ4n) is 1.30. The van der Waals surface area contributed by atoms with E-state index in [1.807, 2.05) is 23.0 Å². The smallest absolute Gasteiger partial charge is 0.0835 e. The summed E-state index contributed by atoms with van der Waals surface area (Å²) in [5.74, 6) is 0. The van der Waals surface area contributed by atoms with Crippen LogP contribution in [0.25, 0.3) is 0 Å². The maximum atomic E-state index is 4.07. The van der Waals surface area contributed by atoms with Crippen molar-refractivity contribution in [1.82, 2.24) is 20.0 Å². The van der Waals surface area contributed by atoms with Gasteiger partial charge in [0.2, 0.25) is 0 Å². The minimum Gasteiger partial charge on any atom is -0.265 e. The number of aromatic nitrogens is 4. The third kappa shape index (κ3) is 2.86. The molecule has 0 aliphatic heterocycles. The molecule has 15 heavy (non-hydrogen) atoms. The lowest BCUT2D eigenvalue weighted by Crippen LogP contribution is -2.00. The van der Waals surface area contributed by atoms with Crippen molar-refractivity contribution in [2.24, 2.45) is 0 Å². The van der Waals surface area contributed by atoms with Gasteiger partial charge in [0.05, 0.1) is 12.2 Å². The Balaban J connectivity index is 2.05. The summed E-state index contributed by atoms with van der Waals surface area (Å²) in [4.78, 5) is 3.97. The molecule has 0 unspecified atom stereocenters. The van der Waals surface area contributed by atoms with E-state index in [0.29, 0.717) is 0 Å². The highest BCUT2D eigenvalue weighted by atomic mass is 79.9. The van der Waals surface area contributed by atoms with Gasteiger partial charge in [-0.1, -0.05) is 21.1 Å². The molecule has 2 rings (SSSR count). The van der Waals surface area contributed by atoms with Gasteiger partial charge >= 0.3 is 0 Å². The lowest BCUT2D eigenvalue weighted by molar-refractivity contribution is 0.649. The maximum absolute atomic E-state index is 4.07. The van der Waals surface area contributed by atoms with Crippen LogP contribution < -0.4 is 0 Å². The quantitative estimate of drug-likeness (QED) is 0.791. The minimum atomic E-state index is 0.748. The van der Waals surface area contributed by atoms with Crippen LogP contribution in [0.1, 0.15) is 11.3 Å². The fourth-order valence-corrected chi connectivity index (χ4v) is 1.71. The molecule has 78 valence electrons. The van der Waals surface area contributed by atoms with Gasteiger partial charge in [-0.05, 0) is 17.7 Å². The molecule has 0 aromatic carbocycles. The van der Waals surface area contributed by atoms with Gasteiger partial charge in [-0.15, -0.1) is 5.10 Å². The standard InChI is InChI=1S/C10H11BrN4/c11-4-1-10-8-15(14-13-10)7-9-2-5-12-6-3-9/h2-3,5-6,8H,1,4,7H2. The Bertz CT molecular complexity index is 412. The first-order valence-electron chi connectivity index (χ1n) is 4.72. The Morgan fingerprint density at radius 2 is 2.07 bits per heavy atom. The van der Waals surface area contributed by atoms with Crippen molar-refractivity contribution in [3.63, 3.8) is 0 Å². The van der Waals surface area contributed by atoms with E-state index in [-0.39, 0.29) is 0 Å². The number of rotatable bonds is 4. The Morgan fingerprint density at radius 1 is 1.27 bits per heavy atom. The second-order valence-corrected chi connectivity index (χ2v) is 3.99. The van der Waals surface area contributed by atoms with Crippen LogP contribution in [-0.4, -0.2) is 25.3 Å². The van der Waals surface area contributed by atoms with E-state index in [9.17, 15) is 0 Å². The monoisotopic (exact) mass is 266 g/mol. The molecule has 0 fully saturated rings. The molecule has 0 bridgehead atoms. The predicted molar refractivity (Wildman–Crippen MR) is 60.9 cm³/mol. The van der Waals surface area contributed by atoms with Crippen molar-refractivity contribution < 1.29 is 0 Å². The molecule has 0 aliphatic rings. The predicted octanol–water partition coefficient (Wildman–Crippen LogP) is 1.66. The largest absolute Gasteiger partial charge is 0.265 e. The number of nitrogens with zero attached hydrogens (tertiary/aromatic N) is 4. The van der Waals surface area contributed by atoms with E-state index in [4.69, 9.17) is 0 Å². The number of pyridine rings is 1. The first kappa shape index (κ1) is 10.3. The minimum absolute atomic E-state index is 0.748. The van der Waals surface area contributed by atoms with Crippen LogP contribution in [0.2, 0.25) is 0 Å². The SMILES string of the molecule is BrCCc1cn(Cc2ccncc2)nn1. The highest BCUT2D eigenvalue weighted by molar-refractivity contribution is 9.09. The van der Waals surface area contributed by atoms with Gasteiger partial charge in [-0.2, -0.15) is 0 Å². The van der Waals surface area contributed by atoms with Crippen molar-refractivity contribution in [3.05, 3.63) is 42.0 Å². The van der Waals surface area contributed by atoms with Crippen molar-refractivity contribution in [1.29, 1.82) is 0 Å². The van der Waals surface area contributed by atoms with Crippen LogP contribution in [0.4, 0.5) is 0 Å². The van der Waals surface area contributed by atoms with Gasteiger partial charge in [-0.25, -0.2) is 4.68 Å². The summed E-state index contributed by atoms with van der Waals surface area (Å²) in [7, 11) is 0. The fraction of sp³-hybridized carbons (Fsp3) is 0.300. The summed E-state index contributed by atoms with van der Waals surface area (Å²) in [6.07, 6.45) is 6.45. The number of aryl methyl sites for hydroxylation is 1. The number of alkyl halides is 1. The first-order valence-corrected chi connectivity index (χ1v) is 5.84. The first-order chi connectivity index (χ1) is 7.38. The third-order valence-electron chi connectivity index (χ3n) is 2.03. The molecular weight excluding hydrogens is 256 g/mol. The Labute approximate surface area is 96.5 Å². The maximum Gasteiger partial charge on any atom is 0.0835 e. The van der Waals surface area contributed by atoms with Gasteiger partial charge in [0, 0.05) is 30.3 Å². The molecule has 0 radical (unpaired) electrons. The highest BCUT2D eigenvalue weighted by Gasteiger charge is 2.00. The number of halogens is 1. The van der Waals surface area contributed by atoms with Gasteiger partial charge in [0.25, 0.3) is 0 Å². The zero-order valence-corrected chi connectivity index (χ0v) is 9.76.